The van der Waals surface area contributed by atoms with Gasteiger partial charge in [0.05, 0.1) is 5.92 Å². The Morgan fingerprint density at radius 1 is 1.07 bits per heavy atom. The van der Waals surface area contributed by atoms with Crippen molar-refractivity contribution in [3.8, 4) is 0 Å². The lowest BCUT2D eigenvalue weighted by Crippen LogP contribution is -2.62. The number of nitrogens with one attached hydrogen (secondary N) is 1. The summed E-state index contributed by atoms with van der Waals surface area (Å²) in [5.41, 5.74) is 1.11. The summed E-state index contributed by atoms with van der Waals surface area (Å²) in [5, 5.41) is 3.03. The smallest absolute Gasteiger partial charge is 0.324 e. The van der Waals surface area contributed by atoms with Gasteiger partial charge in [-0.2, -0.15) is 0 Å². The van der Waals surface area contributed by atoms with Crippen molar-refractivity contribution in [1.29, 1.82) is 0 Å². The second-order valence-electron chi connectivity index (χ2n) is 8.66. The Hall–Kier alpha value is -2.41. The van der Waals surface area contributed by atoms with E-state index in [2.05, 4.69) is 17.1 Å². The highest BCUT2D eigenvalue weighted by atomic mass is 16.2. The van der Waals surface area contributed by atoms with Crippen LogP contribution >= 0.6 is 0 Å². The van der Waals surface area contributed by atoms with Gasteiger partial charge in [-0.25, -0.2) is 4.79 Å². The molecule has 2 heterocycles. The third-order valence-corrected chi connectivity index (χ3v) is 6.93. The molecule has 3 fully saturated rings. The van der Waals surface area contributed by atoms with Crippen molar-refractivity contribution in [1.82, 2.24) is 20.0 Å². The minimum absolute atomic E-state index is 0.0814. The van der Waals surface area contributed by atoms with Crippen LogP contribution in [-0.4, -0.2) is 77.9 Å². The Morgan fingerprint density at radius 3 is 2.50 bits per heavy atom. The first-order valence-corrected chi connectivity index (χ1v) is 11.2. The van der Waals surface area contributed by atoms with Crippen LogP contribution < -0.4 is 5.32 Å². The first-order chi connectivity index (χ1) is 14.6. The lowest BCUT2D eigenvalue weighted by atomic mass is 9.76. The highest BCUT2D eigenvalue weighted by Gasteiger charge is 2.45. The molecule has 4 amide bonds. The van der Waals surface area contributed by atoms with Crippen molar-refractivity contribution in [2.24, 2.45) is 11.8 Å². The van der Waals surface area contributed by atoms with Gasteiger partial charge in [0.15, 0.2) is 0 Å². The molecule has 2 saturated heterocycles. The van der Waals surface area contributed by atoms with Crippen LogP contribution in [0.4, 0.5) is 4.79 Å². The number of piperazine rings is 1. The molecule has 1 aromatic rings. The van der Waals surface area contributed by atoms with E-state index in [0.717, 1.165) is 44.7 Å². The monoisotopic (exact) mass is 412 g/mol. The molecule has 3 unspecified atom stereocenters. The van der Waals surface area contributed by atoms with Crippen molar-refractivity contribution in [3.05, 3.63) is 35.9 Å². The molecular formula is C23H32N4O3. The number of likely N-dealkylation sites (N-methyl/N-ethyl adjacent to an activating group) is 1. The molecule has 7 heteroatoms. The van der Waals surface area contributed by atoms with Gasteiger partial charge in [-0.3, -0.25) is 14.5 Å². The fourth-order valence-electron chi connectivity index (χ4n) is 5.03. The molecule has 1 aromatic carbocycles. The predicted octanol–water partition coefficient (Wildman–Crippen LogP) is 1.73. The van der Waals surface area contributed by atoms with Crippen LogP contribution in [0.1, 0.15) is 31.7 Å². The Morgan fingerprint density at radius 2 is 1.80 bits per heavy atom. The average Bonchev–Trinajstić information content (AvgIpc) is 2.79. The molecule has 0 radical (unpaired) electrons. The third kappa shape index (κ3) is 4.36. The molecule has 3 aliphatic rings. The number of hydrogen-bond donors (Lipinski definition) is 1. The molecule has 1 aliphatic carbocycles. The zero-order valence-electron chi connectivity index (χ0n) is 17.8. The molecule has 0 bridgehead atoms. The number of urea groups is 1. The maximum atomic E-state index is 13.0. The first kappa shape index (κ1) is 20.8. The summed E-state index contributed by atoms with van der Waals surface area (Å²) in [4.78, 5) is 44.3. The van der Waals surface area contributed by atoms with Crippen molar-refractivity contribution in [2.75, 3.05) is 39.3 Å². The minimum atomic E-state index is -0.318. The van der Waals surface area contributed by atoms with Crippen LogP contribution in [-0.2, 0) is 16.0 Å². The molecule has 0 spiro atoms. The largest absolute Gasteiger partial charge is 0.340 e. The molecular weight excluding hydrogens is 380 g/mol. The second kappa shape index (κ2) is 9.16. The first-order valence-electron chi connectivity index (χ1n) is 11.2. The minimum Gasteiger partial charge on any atom is -0.340 e. The summed E-state index contributed by atoms with van der Waals surface area (Å²) in [6.45, 7) is 6.95. The quantitative estimate of drug-likeness (QED) is 0.800. The highest BCUT2D eigenvalue weighted by Crippen LogP contribution is 2.34. The Balaban J connectivity index is 1.33. The van der Waals surface area contributed by atoms with Gasteiger partial charge < -0.3 is 15.1 Å². The number of hydrogen-bond acceptors (Lipinski definition) is 4. The lowest BCUT2D eigenvalue weighted by Gasteiger charge is -2.43. The summed E-state index contributed by atoms with van der Waals surface area (Å²) in [5.74, 6) is -0.192. The zero-order valence-corrected chi connectivity index (χ0v) is 17.8. The molecule has 162 valence electrons. The summed E-state index contributed by atoms with van der Waals surface area (Å²) in [6, 6.07) is 9.35. The van der Waals surface area contributed by atoms with E-state index in [-0.39, 0.29) is 35.7 Å². The average molecular weight is 413 g/mol. The van der Waals surface area contributed by atoms with E-state index in [1.807, 2.05) is 35.2 Å². The molecule has 1 N–H and O–H groups in total. The number of rotatable bonds is 5. The van der Waals surface area contributed by atoms with Gasteiger partial charge in [0, 0.05) is 44.7 Å². The number of fused-ring (bicyclic) bond motifs is 1. The van der Waals surface area contributed by atoms with Crippen LogP contribution in [0.3, 0.4) is 0 Å². The van der Waals surface area contributed by atoms with E-state index in [4.69, 9.17) is 0 Å². The summed E-state index contributed by atoms with van der Waals surface area (Å²) >= 11 is 0. The number of carbonyl (C=O) groups is 3. The number of carbonyl (C=O) groups excluding carboxylic acids is 3. The lowest BCUT2D eigenvalue weighted by molar-refractivity contribution is -0.143. The number of nitrogens with zero attached hydrogens (tertiary/aromatic N) is 3. The van der Waals surface area contributed by atoms with Crippen LogP contribution in [0, 0.1) is 11.8 Å². The van der Waals surface area contributed by atoms with Crippen LogP contribution in [0.2, 0.25) is 0 Å². The summed E-state index contributed by atoms with van der Waals surface area (Å²) < 4.78 is 0. The van der Waals surface area contributed by atoms with E-state index in [1.54, 1.807) is 0 Å². The summed E-state index contributed by atoms with van der Waals surface area (Å²) in [7, 11) is 0. The van der Waals surface area contributed by atoms with E-state index < -0.39 is 0 Å². The highest BCUT2D eigenvalue weighted by molar-refractivity contribution is 5.99. The zero-order chi connectivity index (χ0) is 21.1. The van der Waals surface area contributed by atoms with Crippen molar-refractivity contribution < 1.29 is 14.4 Å². The fraction of sp³-hybridized carbons (Fsp3) is 0.609. The van der Waals surface area contributed by atoms with Crippen molar-refractivity contribution in [3.63, 3.8) is 0 Å². The number of imide groups is 1. The van der Waals surface area contributed by atoms with Crippen LogP contribution in [0.5, 0.6) is 0 Å². The van der Waals surface area contributed by atoms with Crippen LogP contribution in [0.25, 0.3) is 0 Å². The van der Waals surface area contributed by atoms with Crippen molar-refractivity contribution >= 4 is 17.8 Å². The maximum Gasteiger partial charge on any atom is 0.324 e. The number of amides is 4. The molecule has 7 nitrogen and oxygen atoms in total. The van der Waals surface area contributed by atoms with Crippen molar-refractivity contribution in [2.45, 2.75) is 38.6 Å². The molecule has 1 saturated carbocycles. The maximum absolute atomic E-state index is 13.0. The second-order valence-corrected chi connectivity index (χ2v) is 8.66. The molecule has 2 aliphatic heterocycles. The predicted molar refractivity (Wildman–Crippen MR) is 114 cm³/mol. The number of benzene rings is 1. The third-order valence-electron chi connectivity index (χ3n) is 6.93. The van der Waals surface area contributed by atoms with E-state index in [1.165, 1.54) is 4.90 Å². The topological polar surface area (TPSA) is 73.0 Å². The van der Waals surface area contributed by atoms with E-state index in [0.29, 0.717) is 25.8 Å². The Labute approximate surface area is 178 Å². The van der Waals surface area contributed by atoms with Crippen LogP contribution in [0.15, 0.2) is 30.3 Å². The SMILES string of the molecule is CCN1CCN(C(=O)C2CCC3C(=O)N(CCc4ccccc4)C(=O)NC3C2)CC1. The normalized spacial score (nSPS) is 27.6. The molecule has 3 atom stereocenters. The van der Waals surface area contributed by atoms with E-state index >= 15 is 0 Å². The fourth-order valence-corrected chi connectivity index (χ4v) is 5.03. The Bertz CT molecular complexity index is 776. The summed E-state index contributed by atoms with van der Waals surface area (Å²) in [6.07, 6.45) is 2.61. The van der Waals surface area contributed by atoms with Gasteiger partial charge in [0.25, 0.3) is 0 Å². The van der Waals surface area contributed by atoms with Gasteiger partial charge in [-0.15, -0.1) is 0 Å². The van der Waals surface area contributed by atoms with Gasteiger partial charge in [-0.1, -0.05) is 37.3 Å². The van der Waals surface area contributed by atoms with Gasteiger partial charge in [0.2, 0.25) is 11.8 Å². The van der Waals surface area contributed by atoms with E-state index in [9.17, 15) is 14.4 Å². The molecule has 4 rings (SSSR count). The molecule has 0 aromatic heterocycles. The van der Waals surface area contributed by atoms with Gasteiger partial charge >= 0.3 is 6.03 Å². The van der Waals surface area contributed by atoms with Gasteiger partial charge in [0.1, 0.15) is 0 Å². The van der Waals surface area contributed by atoms with Gasteiger partial charge in [-0.05, 0) is 37.8 Å². The molecule has 30 heavy (non-hydrogen) atoms. The standard InChI is InChI=1S/C23H32N4O3/c1-2-25-12-14-26(15-13-25)21(28)18-8-9-19-20(16-18)24-23(30)27(22(19)29)11-10-17-6-4-3-5-7-17/h3-7,18-20H,2,8-16H2,1H3,(H,24,30). The Kier molecular flexibility index (Phi) is 6.37.